The molecule has 26 heavy (non-hydrogen) atoms. The molecule has 3 rings (SSSR count). The molecule has 0 aliphatic carbocycles. The number of nitrogens with one attached hydrogen (secondary N) is 1. The van der Waals surface area contributed by atoms with Crippen molar-refractivity contribution in [3.63, 3.8) is 0 Å². The van der Waals surface area contributed by atoms with Gasteiger partial charge in [-0.3, -0.25) is 4.79 Å². The van der Waals surface area contributed by atoms with Gasteiger partial charge in [0.25, 0.3) is 0 Å². The van der Waals surface area contributed by atoms with Crippen molar-refractivity contribution in [1.82, 2.24) is 15.5 Å². The van der Waals surface area contributed by atoms with Crippen LogP contribution in [0.2, 0.25) is 0 Å². The molecule has 1 amide bonds. The summed E-state index contributed by atoms with van der Waals surface area (Å²) in [5.41, 5.74) is 3.20. The molecule has 5 nitrogen and oxygen atoms in total. The second kappa shape index (κ2) is 8.94. The minimum Gasteiger partial charge on any atom is -0.356 e. The molecule has 5 heteroatoms. The lowest BCUT2D eigenvalue weighted by Gasteiger charge is -2.02. The Balaban J connectivity index is 1.58. The van der Waals surface area contributed by atoms with Gasteiger partial charge in [-0.1, -0.05) is 73.1 Å². The van der Waals surface area contributed by atoms with E-state index < -0.39 is 0 Å². The molecule has 0 atom stereocenters. The van der Waals surface area contributed by atoms with E-state index in [4.69, 9.17) is 4.52 Å². The molecule has 0 saturated heterocycles. The van der Waals surface area contributed by atoms with Gasteiger partial charge in [-0.2, -0.15) is 4.98 Å². The highest BCUT2D eigenvalue weighted by molar-refractivity contribution is 5.76. The number of hydrogen-bond donors (Lipinski definition) is 1. The number of carbonyl (C=O) groups is 1. The summed E-state index contributed by atoms with van der Waals surface area (Å²) in [5, 5.41) is 6.91. The molecule has 0 aliphatic heterocycles. The summed E-state index contributed by atoms with van der Waals surface area (Å²) in [7, 11) is 0. The van der Waals surface area contributed by atoms with Crippen LogP contribution < -0.4 is 5.32 Å². The maximum atomic E-state index is 11.7. The predicted molar refractivity (Wildman–Crippen MR) is 101 cm³/mol. The highest BCUT2D eigenvalue weighted by atomic mass is 16.5. The SMILES string of the molecule is CCCCNC(=O)CCc1nc(-c2ccc(-c3ccccc3)cc2)no1. The molecule has 0 unspecified atom stereocenters. The summed E-state index contributed by atoms with van der Waals surface area (Å²) in [4.78, 5) is 16.1. The van der Waals surface area contributed by atoms with E-state index in [1.165, 1.54) is 5.56 Å². The molecule has 2 aromatic carbocycles. The Hall–Kier alpha value is -2.95. The minimum absolute atomic E-state index is 0.0189. The van der Waals surface area contributed by atoms with Gasteiger partial charge in [-0.05, 0) is 17.5 Å². The summed E-state index contributed by atoms with van der Waals surface area (Å²) >= 11 is 0. The van der Waals surface area contributed by atoms with Crippen LogP contribution in [0.5, 0.6) is 0 Å². The normalized spacial score (nSPS) is 10.7. The van der Waals surface area contributed by atoms with Crippen LogP contribution in [-0.4, -0.2) is 22.6 Å². The molecule has 0 aliphatic rings. The van der Waals surface area contributed by atoms with Gasteiger partial charge in [0.05, 0.1) is 0 Å². The number of unbranched alkanes of at least 4 members (excludes halogenated alkanes) is 1. The van der Waals surface area contributed by atoms with Crippen molar-refractivity contribution in [3.8, 4) is 22.5 Å². The Morgan fingerprint density at radius 2 is 1.69 bits per heavy atom. The Kier molecular flexibility index (Phi) is 6.14. The van der Waals surface area contributed by atoms with E-state index in [0.717, 1.165) is 30.5 Å². The molecule has 0 bridgehead atoms. The van der Waals surface area contributed by atoms with E-state index in [-0.39, 0.29) is 5.91 Å². The average Bonchev–Trinajstić information content (AvgIpc) is 3.16. The first-order valence-corrected chi connectivity index (χ1v) is 9.01. The Bertz CT molecular complexity index is 826. The number of benzene rings is 2. The van der Waals surface area contributed by atoms with E-state index in [1.807, 2.05) is 42.5 Å². The number of amides is 1. The van der Waals surface area contributed by atoms with E-state index in [1.54, 1.807) is 0 Å². The zero-order valence-electron chi connectivity index (χ0n) is 14.9. The number of rotatable bonds is 8. The van der Waals surface area contributed by atoms with Gasteiger partial charge in [0, 0.05) is 24.9 Å². The van der Waals surface area contributed by atoms with Crippen LogP contribution in [0.3, 0.4) is 0 Å². The van der Waals surface area contributed by atoms with Gasteiger partial charge in [0.1, 0.15) is 0 Å². The van der Waals surface area contributed by atoms with Crippen molar-refractivity contribution in [2.75, 3.05) is 6.54 Å². The summed E-state index contributed by atoms with van der Waals surface area (Å²) in [6.45, 7) is 2.82. The molecule has 0 fully saturated rings. The van der Waals surface area contributed by atoms with Crippen molar-refractivity contribution in [3.05, 3.63) is 60.5 Å². The fraction of sp³-hybridized carbons (Fsp3) is 0.286. The highest BCUT2D eigenvalue weighted by Gasteiger charge is 2.10. The third-order valence-corrected chi connectivity index (χ3v) is 4.14. The second-order valence-electron chi connectivity index (χ2n) is 6.16. The van der Waals surface area contributed by atoms with E-state index in [2.05, 4.69) is 34.5 Å². The maximum Gasteiger partial charge on any atom is 0.227 e. The number of nitrogens with zero attached hydrogens (tertiary/aromatic N) is 2. The van der Waals surface area contributed by atoms with Crippen molar-refractivity contribution in [2.24, 2.45) is 0 Å². The van der Waals surface area contributed by atoms with Gasteiger partial charge in [-0.25, -0.2) is 0 Å². The summed E-state index contributed by atoms with van der Waals surface area (Å²) in [5.74, 6) is 1.05. The van der Waals surface area contributed by atoms with Gasteiger partial charge in [0.2, 0.25) is 17.6 Å². The lowest BCUT2D eigenvalue weighted by molar-refractivity contribution is -0.121. The van der Waals surface area contributed by atoms with Crippen LogP contribution in [0, 0.1) is 0 Å². The fourth-order valence-electron chi connectivity index (χ4n) is 2.63. The van der Waals surface area contributed by atoms with Crippen LogP contribution in [0.25, 0.3) is 22.5 Å². The van der Waals surface area contributed by atoms with Gasteiger partial charge in [0.15, 0.2) is 0 Å². The first-order chi connectivity index (χ1) is 12.8. The fourth-order valence-corrected chi connectivity index (χ4v) is 2.63. The zero-order chi connectivity index (χ0) is 18.2. The number of aromatic nitrogens is 2. The third kappa shape index (κ3) is 4.79. The number of hydrogen-bond acceptors (Lipinski definition) is 4. The quantitative estimate of drug-likeness (QED) is 0.617. The first kappa shape index (κ1) is 17.9. The molecule has 1 aromatic heterocycles. The predicted octanol–water partition coefficient (Wildman–Crippen LogP) is 4.25. The standard InChI is InChI=1S/C21H23N3O2/c1-2-3-15-22-19(25)13-14-20-23-21(24-26-20)18-11-9-17(10-12-18)16-7-5-4-6-8-16/h4-12H,2-3,13-15H2,1H3,(H,22,25). The second-order valence-corrected chi connectivity index (χ2v) is 6.16. The lowest BCUT2D eigenvalue weighted by atomic mass is 10.0. The molecule has 0 radical (unpaired) electrons. The van der Waals surface area contributed by atoms with Crippen LogP contribution in [0.15, 0.2) is 59.1 Å². The average molecular weight is 349 g/mol. The van der Waals surface area contributed by atoms with Crippen LogP contribution in [0.4, 0.5) is 0 Å². The number of aryl methyl sites for hydroxylation is 1. The third-order valence-electron chi connectivity index (χ3n) is 4.14. The topological polar surface area (TPSA) is 68.0 Å². The van der Waals surface area contributed by atoms with Gasteiger partial charge in [-0.15, -0.1) is 0 Å². The van der Waals surface area contributed by atoms with Crippen LogP contribution in [0.1, 0.15) is 32.1 Å². The molecule has 134 valence electrons. The van der Waals surface area contributed by atoms with Crippen LogP contribution >= 0.6 is 0 Å². The first-order valence-electron chi connectivity index (χ1n) is 9.01. The monoisotopic (exact) mass is 349 g/mol. The number of carbonyl (C=O) groups excluding carboxylic acids is 1. The summed E-state index contributed by atoms with van der Waals surface area (Å²) in [6, 6.07) is 18.2. The molecule has 0 spiro atoms. The lowest BCUT2D eigenvalue weighted by Crippen LogP contribution is -2.24. The Morgan fingerprint density at radius 3 is 2.42 bits per heavy atom. The van der Waals surface area contributed by atoms with E-state index >= 15 is 0 Å². The minimum atomic E-state index is 0.0189. The molecule has 1 N–H and O–H groups in total. The Labute approximate surface area is 153 Å². The van der Waals surface area contributed by atoms with Gasteiger partial charge >= 0.3 is 0 Å². The molecule has 0 saturated carbocycles. The summed E-state index contributed by atoms with van der Waals surface area (Å²) in [6.07, 6.45) is 2.87. The zero-order valence-corrected chi connectivity index (χ0v) is 14.9. The van der Waals surface area contributed by atoms with E-state index in [9.17, 15) is 4.79 Å². The van der Waals surface area contributed by atoms with E-state index in [0.29, 0.717) is 24.6 Å². The molecule has 1 heterocycles. The van der Waals surface area contributed by atoms with Crippen molar-refractivity contribution >= 4 is 5.91 Å². The van der Waals surface area contributed by atoms with Crippen molar-refractivity contribution in [1.29, 1.82) is 0 Å². The Morgan fingerprint density at radius 1 is 1.00 bits per heavy atom. The van der Waals surface area contributed by atoms with Crippen molar-refractivity contribution < 1.29 is 9.32 Å². The molecular weight excluding hydrogens is 326 g/mol. The van der Waals surface area contributed by atoms with Crippen molar-refractivity contribution in [2.45, 2.75) is 32.6 Å². The smallest absolute Gasteiger partial charge is 0.227 e. The van der Waals surface area contributed by atoms with Crippen LogP contribution in [-0.2, 0) is 11.2 Å². The largest absolute Gasteiger partial charge is 0.356 e. The maximum absolute atomic E-state index is 11.7. The van der Waals surface area contributed by atoms with Gasteiger partial charge < -0.3 is 9.84 Å². The molecular formula is C21H23N3O2. The highest BCUT2D eigenvalue weighted by Crippen LogP contribution is 2.23. The molecule has 3 aromatic rings. The summed E-state index contributed by atoms with van der Waals surface area (Å²) < 4.78 is 5.27.